The van der Waals surface area contributed by atoms with Gasteiger partial charge in [0.25, 0.3) is 10.1 Å². The van der Waals surface area contributed by atoms with Crippen LogP contribution in [0.3, 0.4) is 0 Å². The summed E-state index contributed by atoms with van der Waals surface area (Å²) in [5.41, 5.74) is 0. The van der Waals surface area contributed by atoms with Crippen LogP contribution < -0.4 is 0 Å². The second kappa shape index (κ2) is 6.01. The Balaban J connectivity index is 2.22. The molecule has 0 amide bonds. The van der Waals surface area contributed by atoms with Crippen molar-refractivity contribution in [2.24, 2.45) is 17.8 Å². The summed E-state index contributed by atoms with van der Waals surface area (Å²) in [5.74, 6) is 2.24. The lowest BCUT2D eigenvalue weighted by Gasteiger charge is -2.34. The molecule has 0 radical (unpaired) electrons. The zero-order chi connectivity index (χ0) is 12.2. The van der Waals surface area contributed by atoms with Gasteiger partial charge in [-0.25, -0.2) is 0 Å². The molecule has 16 heavy (non-hydrogen) atoms. The smallest absolute Gasteiger partial charge is 0.264 e. The molecule has 0 spiro atoms. The van der Waals surface area contributed by atoms with Gasteiger partial charge >= 0.3 is 0 Å². The quantitative estimate of drug-likeness (QED) is 0.601. The molecule has 3 atom stereocenters. The van der Waals surface area contributed by atoms with Crippen molar-refractivity contribution in [3.63, 3.8) is 0 Å². The summed E-state index contributed by atoms with van der Waals surface area (Å²) in [6.45, 7) is 4.63. The normalized spacial score (nSPS) is 31.6. The van der Waals surface area contributed by atoms with Gasteiger partial charge in [-0.05, 0) is 24.2 Å². The van der Waals surface area contributed by atoms with Gasteiger partial charge in [-0.1, -0.05) is 46.0 Å². The molecule has 0 aromatic carbocycles. The Kier molecular flexibility index (Phi) is 5.25. The molecule has 1 aliphatic carbocycles. The first kappa shape index (κ1) is 14.0. The third-order valence-electron chi connectivity index (χ3n) is 4.10. The third-order valence-corrected chi connectivity index (χ3v) is 4.91. The van der Waals surface area contributed by atoms with Crippen molar-refractivity contribution < 1.29 is 13.0 Å². The van der Waals surface area contributed by atoms with Crippen molar-refractivity contribution in [3.05, 3.63) is 0 Å². The molecule has 0 aromatic rings. The van der Waals surface area contributed by atoms with Crippen molar-refractivity contribution in [1.82, 2.24) is 0 Å². The van der Waals surface area contributed by atoms with E-state index in [-0.39, 0.29) is 5.75 Å². The average Bonchev–Trinajstić information content (AvgIpc) is 2.17. The van der Waals surface area contributed by atoms with E-state index in [1.54, 1.807) is 0 Å². The van der Waals surface area contributed by atoms with E-state index in [2.05, 4.69) is 13.8 Å². The highest BCUT2D eigenvalue weighted by Crippen LogP contribution is 2.36. The van der Waals surface area contributed by atoms with Gasteiger partial charge in [0.1, 0.15) is 0 Å². The first-order valence-corrected chi connectivity index (χ1v) is 7.96. The number of rotatable bonds is 5. The van der Waals surface area contributed by atoms with Crippen LogP contribution in [0.1, 0.15) is 52.4 Å². The predicted octanol–water partition coefficient (Wildman–Crippen LogP) is 3.12. The molecule has 1 aliphatic rings. The van der Waals surface area contributed by atoms with Crippen molar-refractivity contribution in [1.29, 1.82) is 0 Å². The van der Waals surface area contributed by atoms with E-state index in [1.165, 1.54) is 19.3 Å². The van der Waals surface area contributed by atoms with E-state index in [0.29, 0.717) is 6.42 Å². The minimum Gasteiger partial charge on any atom is -0.286 e. The van der Waals surface area contributed by atoms with Gasteiger partial charge in [-0.3, -0.25) is 4.55 Å². The molecule has 96 valence electrons. The Bertz CT molecular complexity index is 297. The zero-order valence-corrected chi connectivity index (χ0v) is 11.2. The maximum Gasteiger partial charge on any atom is 0.264 e. The van der Waals surface area contributed by atoms with Gasteiger partial charge in [0.15, 0.2) is 0 Å². The summed E-state index contributed by atoms with van der Waals surface area (Å²) >= 11 is 0. The first-order valence-electron chi connectivity index (χ1n) is 6.35. The van der Waals surface area contributed by atoms with Crippen molar-refractivity contribution >= 4 is 10.1 Å². The Hall–Kier alpha value is -0.0900. The predicted molar refractivity (Wildman–Crippen MR) is 65.9 cm³/mol. The third kappa shape index (κ3) is 4.83. The molecule has 3 nitrogen and oxygen atoms in total. The summed E-state index contributed by atoms with van der Waals surface area (Å²) in [6.07, 6.45) is 6.56. The Morgan fingerprint density at radius 3 is 2.50 bits per heavy atom. The van der Waals surface area contributed by atoms with Gasteiger partial charge in [0.2, 0.25) is 0 Å². The average molecular weight is 248 g/mol. The SMILES string of the molecule is CC1CCCC(CCCCS(=O)(=O)O)C1C. The highest BCUT2D eigenvalue weighted by molar-refractivity contribution is 7.85. The Morgan fingerprint density at radius 1 is 1.19 bits per heavy atom. The molecule has 3 unspecified atom stereocenters. The van der Waals surface area contributed by atoms with Gasteiger partial charge < -0.3 is 0 Å². The molecule has 0 aliphatic heterocycles. The van der Waals surface area contributed by atoms with Gasteiger partial charge in [0.05, 0.1) is 5.75 Å². The fraction of sp³-hybridized carbons (Fsp3) is 1.00. The lowest BCUT2D eigenvalue weighted by atomic mass is 9.72. The minimum atomic E-state index is -3.75. The van der Waals surface area contributed by atoms with Crippen LogP contribution in [0, 0.1) is 17.8 Å². The second-order valence-corrected chi connectivity index (χ2v) is 6.88. The summed E-state index contributed by atoms with van der Waals surface area (Å²) in [7, 11) is -3.75. The summed E-state index contributed by atoms with van der Waals surface area (Å²) in [6, 6.07) is 0. The molecule has 4 heteroatoms. The molecular weight excluding hydrogens is 224 g/mol. The van der Waals surface area contributed by atoms with Crippen LogP contribution in [0.5, 0.6) is 0 Å². The lowest BCUT2D eigenvalue weighted by Crippen LogP contribution is -2.24. The van der Waals surface area contributed by atoms with Crippen LogP contribution >= 0.6 is 0 Å². The summed E-state index contributed by atoms with van der Waals surface area (Å²) < 4.78 is 29.7. The second-order valence-electron chi connectivity index (χ2n) is 5.31. The van der Waals surface area contributed by atoms with E-state index in [9.17, 15) is 8.42 Å². The van der Waals surface area contributed by atoms with E-state index < -0.39 is 10.1 Å². The Labute approximate surface area is 99.4 Å². The van der Waals surface area contributed by atoms with Gasteiger partial charge in [-0.2, -0.15) is 8.42 Å². The zero-order valence-electron chi connectivity index (χ0n) is 10.4. The molecule has 0 saturated heterocycles. The summed E-state index contributed by atoms with van der Waals surface area (Å²) in [4.78, 5) is 0. The monoisotopic (exact) mass is 248 g/mol. The van der Waals surface area contributed by atoms with Crippen LogP contribution in [0.2, 0.25) is 0 Å². The van der Waals surface area contributed by atoms with Crippen molar-refractivity contribution in [2.75, 3.05) is 5.75 Å². The molecule has 0 bridgehead atoms. The van der Waals surface area contributed by atoms with Crippen LogP contribution in [0.4, 0.5) is 0 Å². The van der Waals surface area contributed by atoms with E-state index in [0.717, 1.165) is 30.6 Å². The largest absolute Gasteiger partial charge is 0.286 e. The molecule has 1 fully saturated rings. The molecule has 0 heterocycles. The van der Waals surface area contributed by atoms with Crippen LogP contribution in [0.15, 0.2) is 0 Å². The van der Waals surface area contributed by atoms with E-state index in [4.69, 9.17) is 4.55 Å². The number of hydrogen-bond acceptors (Lipinski definition) is 2. The van der Waals surface area contributed by atoms with E-state index >= 15 is 0 Å². The molecule has 0 aromatic heterocycles. The molecular formula is C12H24O3S. The fourth-order valence-electron chi connectivity index (χ4n) is 2.79. The number of unbranched alkanes of at least 4 members (excludes halogenated alkanes) is 1. The highest BCUT2D eigenvalue weighted by atomic mass is 32.2. The van der Waals surface area contributed by atoms with E-state index in [1.807, 2.05) is 0 Å². The minimum absolute atomic E-state index is 0.0797. The number of hydrogen-bond donors (Lipinski definition) is 1. The standard InChI is InChI=1S/C12H24O3S/c1-10-6-5-8-12(11(10)2)7-3-4-9-16(13,14)15/h10-12H,3-9H2,1-2H3,(H,13,14,15). The van der Waals surface area contributed by atoms with Crippen molar-refractivity contribution in [2.45, 2.75) is 52.4 Å². The topological polar surface area (TPSA) is 54.4 Å². The van der Waals surface area contributed by atoms with Gasteiger partial charge in [0, 0.05) is 0 Å². The molecule has 1 N–H and O–H groups in total. The molecule has 1 saturated carbocycles. The molecule has 1 rings (SSSR count). The maximum atomic E-state index is 10.6. The van der Waals surface area contributed by atoms with Crippen LogP contribution in [0.25, 0.3) is 0 Å². The first-order chi connectivity index (χ1) is 7.40. The van der Waals surface area contributed by atoms with Crippen LogP contribution in [-0.2, 0) is 10.1 Å². The lowest BCUT2D eigenvalue weighted by molar-refractivity contribution is 0.170. The Morgan fingerprint density at radius 2 is 1.88 bits per heavy atom. The summed E-state index contributed by atoms with van der Waals surface area (Å²) in [5, 5.41) is 0. The van der Waals surface area contributed by atoms with Crippen LogP contribution in [-0.4, -0.2) is 18.7 Å². The fourth-order valence-corrected chi connectivity index (χ4v) is 3.36. The van der Waals surface area contributed by atoms with Crippen molar-refractivity contribution in [3.8, 4) is 0 Å². The van der Waals surface area contributed by atoms with Gasteiger partial charge in [-0.15, -0.1) is 0 Å². The maximum absolute atomic E-state index is 10.6. The highest BCUT2D eigenvalue weighted by Gasteiger charge is 2.26.